The zero-order valence-electron chi connectivity index (χ0n) is 39.6. The highest BCUT2D eigenvalue weighted by atomic mass is 19.4. The molecule has 2 fully saturated rings. The van der Waals surface area contributed by atoms with Gasteiger partial charge in [0.05, 0.1) is 58.8 Å². The SMILES string of the molecule is CC(C)(C)OC(=O)N1C[C@H](F)C[C@H]1C(=O)CCc1cc(-c2ccc(C(F)(F)F)cc2)ncc1C#N.CC(C)(C)OC(=O)N1C[C@H](F)C[C@H]1C(=O)CCc1cc(-c2ccc(C(F)(F)F)cc2)ncc1C(N)=O. The topological polar surface area (TPSA) is 186 Å². The van der Waals surface area contributed by atoms with Crippen LogP contribution >= 0.6 is 0 Å². The van der Waals surface area contributed by atoms with Crippen LogP contribution < -0.4 is 5.73 Å². The number of alkyl halides is 8. The predicted octanol–water partition coefficient (Wildman–Crippen LogP) is 10.2. The van der Waals surface area contributed by atoms with E-state index in [0.29, 0.717) is 27.9 Å². The number of halogens is 8. The van der Waals surface area contributed by atoms with E-state index in [1.165, 1.54) is 42.7 Å². The molecule has 0 radical (unpaired) electrons. The molecule has 2 aliphatic heterocycles. The van der Waals surface area contributed by atoms with Crippen molar-refractivity contribution in [2.45, 2.75) is 128 Å². The van der Waals surface area contributed by atoms with Crippen LogP contribution in [0.5, 0.6) is 0 Å². The number of amides is 3. The van der Waals surface area contributed by atoms with Crippen LogP contribution in [0.15, 0.2) is 73.1 Å². The monoisotopic (exact) mass is 1000 g/mol. The maximum Gasteiger partial charge on any atom is 0.416 e. The van der Waals surface area contributed by atoms with Gasteiger partial charge in [-0.2, -0.15) is 31.6 Å². The molecule has 3 amide bonds. The molecule has 4 heterocycles. The van der Waals surface area contributed by atoms with Gasteiger partial charge < -0.3 is 15.2 Å². The molecule has 2 N–H and O–H groups in total. The molecule has 4 atom stereocenters. The lowest BCUT2D eigenvalue weighted by Crippen LogP contribution is -2.43. The Morgan fingerprint density at radius 1 is 0.648 bits per heavy atom. The van der Waals surface area contributed by atoms with Gasteiger partial charge in [0.2, 0.25) is 0 Å². The Bertz CT molecular complexity index is 2640. The molecule has 2 aromatic heterocycles. The number of carbonyl (C=O) groups is 5. The van der Waals surface area contributed by atoms with Crippen LogP contribution in [0.1, 0.15) is 105 Å². The second-order valence-corrected chi connectivity index (χ2v) is 19.0. The van der Waals surface area contributed by atoms with E-state index in [1.807, 2.05) is 6.07 Å². The maximum atomic E-state index is 14.1. The van der Waals surface area contributed by atoms with Crippen LogP contribution in [-0.4, -0.2) is 98.1 Å². The predicted molar refractivity (Wildman–Crippen MR) is 242 cm³/mol. The van der Waals surface area contributed by atoms with E-state index >= 15 is 0 Å². The average Bonchev–Trinajstić information content (AvgIpc) is 3.88. The van der Waals surface area contributed by atoms with Gasteiger partial charge in [0.1, 0.15) is 29.6 Å². The molecular weight excluding hydrogens is 949 g/mol. The van der Waals surface area contributed by atoms with Gasteiger partial charge in [-0.1, -0.05) is 24.3 Å². The fraction of sp³-hybridized carbons (Fsp3) is 0.440. The lowest BCUT2D eigenvalue weighted by Gasteiger charge is -2.27. The minimum atomic E-state index is -4.49. The van der Waals surface area contributed by atoms with Crippen molar-refractivity contribution in [2.24, 2.45) is 5.73 Å². The lowest BCUT2D eigenvalue weighted by atomic mass is 9.97. The molecule has 6 rings (SSSR count). The molecule has 2 saturated heterocycles. The third kappa shape index (κ3) is 15.0. The average molecular weight is 1000 g/mol. The summed E-state index contributed by atoms with van der Waals surface area (Å²) in [7, 11) is 0. The molecule has 380 valence electrons. The summed E-state index contributed by atoms with van der Waals surface area (Å²) in [5.41, 5.74) is 4.74. The summed E-state index contributed by atoms with van der Waals surface area (Å²) in [6.07, 6.45) is -11.1. The molecule has 71 heavy (non-hydrogen) atoms. The molecule has 0 aliphatic carbocycles. The normalized spacial score (nSPS) is 18.3. The number of nitriles is 1. The Hall–Kier alpha value is -6.98. The van der Waals surface area contributed by atoms with Gasteiger partial charge in [-0.3, -0.25) is 34.2 Å². The van der Waals surface area contributed by atoms with Gasteiger partial charge in [-0.05, 0) is 102 Å². The first-order valence-corrected chi connectivity index (χ1v) is 22.3. The molecule has 13 nitrogen and oxygen atoms in total. The van der Waals surface area contributed by atoms with Crippen LogP contribution in [0.3, 0.4) is 0 Å². The molecule has 0 spiro atoms. The van der Waals surface area contributed by atoms with Gasteiger partial charge in [0.25, 0.3) is 5.91 Å². The number of nitrogens with two attached hydrogens (primary N) is 1. The van der Waals surface area contributed by atoms with E-state index in [0.717, 1.165) is 34.1 Å². The third-order valence-corrected chi connectivity index (χ3v) is 11.2. The Labute approximate surface area is 404 Å². The molecule has 21 heteroatoms. The summed E-state index contributed by atoms with van der Waals surface area (Å²) in [6, 6.07) is 11.8. The highest BCUT2D eigenvalue weighted by Gasteiger charge is 2.43. The molecular formula is C50H52F8N6O7. The number of carbonyl (C=O) groups excluding carboxylic acids is 5. The zero-order chi connectivity index (χ0) is 52.8. The quantitative estimate of drug-likeness (QED) is 0.142. The van der Waals surface area contributed by atoms with Crippen molar-refractivity contribution >= 4 is 29.7 Å². The number of Topliss-reactive ketones (excluding diaryl/α,β-unsaturated/α-hetero) is 2. The van der Waals surface area contributed by atoms with E-state index in [-0.39, 0.29) is 74.2 Å². The summed E-state index contributed by atoms with van der Waals surface area (Å²) in [4.78, 5) is 73.1. The number of aryl methyl sites for hydroxylation is 2. The van der Waals surface area contributed by atoms with E-state index in [4.69, 9.17) is 15.2 Å². The minimum absolute atomic E-state index is 0.0306. The van der Waals surface area contributed by atoms with Gasteiger partial charge in [0.15, 0.2) is 11.6 Å². The van der Waals surface area contributed by atoms with Crippen LogP contribution in [-0.2, 0) is 44.3 Å². The Morgan fingerprint density at radius 2 is 1.03 bits per heavy atom. The van der Waals surface area contributed by atoms with E-state index in [2.05, 4.69) is 9.97 Å². The number of aromatic nitrogens is 2. The number of rotatable bonds is 11. The summed E-state index contributed by atoms with van der Waals surface area (Å²) >= 11 is 0. The van der Waals surface area contributed by atoms with Crippen molar-refractivity contribution in [3.63, 3.8) is 0 Å². The first kappa shape index (κ1) is 55.0. The highest BCUT2D eigenvalue weighted by Crippen LogP contribution is 2.34. The first-order valence-electron chi connectivity index (χ1n) is 22.3. The third-order valence-electron chi connectivity index (χ3n) is 11.2. The summed E-state index contributed by atoms with van der Waals surface area (Å²) < 4.78 is 116. The number of nitrogens with zero attached hydrogens (tertiary/aromatic N) is 5. The molecule has 2 aliphatic rings. The van der Waals surface area contributed by atoms with Gasteiger partial charge in [-0.25, -0.2) is 18.4 Å². The number of hydrogen-bond acceptors (Lipinski definition) is 10. The second kappa shape index (κ2) is 22.0. The molecule has 2 aromatic carbocycles. The van der Waals surface area contributed by atoms with Crippen molar-refractivity contribution in [1.82, 2.24) is 19.8 Å². The number of ether oxygens (including phenoxy) is 2. The van der Waals surface area contributed by atoms with Crippen molar-refractivity contribution < 1.29 is 68.6 Å². The van der Waals surface area contributed by atoms with Crippen LogP contribution in [0.25, 0.3) is 22.5 Å². The highest BCUT2D eigenvalue weighted by molar-refractivity contribution is 5.95. The molecule has 0 unspecified atom stereocenters. The number of likely N-dealkylation sites (tertiary alicyclic amines) is 2. The van der Waals surface area contributed by atoms with E-state index < -0.39 is 83.0 Å². The molecule has 0 bridgehead atoms. The fourth-order valence-corrected chi connectivity index (χ4v) is 7.78. The molecule has 4 aromatic rings. The number of primary amides is 1. The van der Waals surface area contributed by atoms with Crippen molar-refractivity contribution in [1.29, 1.82) is 5.26 Å². The largest absolute Gasteiger partial charge is 0.444 e. The van der Waals surface area contributed by atoms with Crippen LogP contribution in [0.2, 0.25) is 0 Å². The standard InChI is InChI=1S/C25H27F4N3O4.C25H25F4N3O3/c1-24(2,3)36-23(35)32-13-17(26)11-20(32)21(33)9-6-15-10-19(31-12-18(15)22(30)34)14-4-7-16(8-5-14)25(27,28)29;1-24(2,3)35-23(34)32-14-19(26)11-21(32)22(33)9-6-16-10-20(31-13-17(16)12-30)15-4-7-18(8-5-15)25(27,28)29/h4-5,7-8,10,12,17,20H,6,9,11,13H2,1-3H3,(H2,30,34);4-5,7-8,10,13,19,21H,6,9,11,14H2,1-3H3/t17-,20+;19-,21+/m11/s1. The molecule has 0 saturated carbocycles. The number of hydrogen-bond donors (Lipinski definition) is 1. The van der Waals surface area contributed by atoms with E-state index in [1.54, 1.807) is 47.6 Å². The van der Waals surface area contributed by atoms with Crippen molar-refractivity contribution in [3.05, 3.63) is 106 Å². The first-order chi connectivity index (χ1) is 32.9. The zero-order valence-corrected chi connectivity index (χ0v) is 39.6. The second-order valence-electron chi connectivity index (χ2n) is 19.0. The summed E-state index contributed by atoms with van der Waals surface area (Å²) in [5.74, 6) is -1.57. The summed E-state index contributed by atoms with van der Waals surface area (Å²) in [5, 5.41) is 9.42. The fourth-order valence-electron chi connectivity index (χ4n) is 7.78. The van der Waals surface area contributed by atoms with Gasteiger partial charge in [0, 0.05) is 49.2 Å². The number of benzene rings is 2. The number of pyridine rings is 2. The minimum Gasteiger partial charge on any atom is -0.444 e. The Kier molecular flexibility index (Phi) is 17.0. The van der Waals surface area contributed by atoms with Crippen LogP contribution in [0.4, 0.5) is 44.7 Å². The smallest absolute Gasteiger partial charge is 0.416 e. The van der Waals surface area contributed by atoms with Crippen LogP contribution in [0, 0.1) is 11.3 Å². The van der Waals surface area contributed by atoms with Gasteiger partial charge in [-0.15, -0.1) is 0 Å². The maximum absolute atomic E-state index is 14.1. The van der Waals surface area contributed by atoms with Crippen molar-refractivity contribution in [2.75, 3.05) is 13.1 Å². The lowest BCUT2D eigenvalue weighted by molar-refractivity contribution is -0.138. The summed E-state index contributed by atoms with van der Waals surface area (Å²) in [6.45, 7) is 9.51. The Morgan fingerprint density at radius 3 is 1.39 bits per heavy atom. The van der Waals surface area contributed by atoms with E-state index in [9.17, 15) is 64.4 Å². The number of ketones is 2. The van der Waals surface area contributed by atoms with Gasteiger partial charge >= 0.3 is 24.5 Å². The Balaban J connectivity index is 0.000000264. The van der Waals surface area contributed by atoms with Crippen molar-refractivity contribution in [3.8, 4) is 28.6 Å².